The lowest BCUT2D eigenvalue weighted by Gasteiger charge is -2.31. The summed E-state index contributed by atoms with van der Waals surface area (Å²) in [5.74, 6) is 2.67. The summed E-state index contributed by atoms with van der Waals surface area (Å²) in [7, 11) is 3.59. The van der Waals surface area contributed by atoms with Crippen LogP contribution in [0.5, 0.6) is 5.75 Å². The average molecular weight is 416 g/mol. The molecule has 0 bridgehead atoms. The molecule has 0 spiro atoms. The minimum absolute atomic E-state index is 0.357. The predicted octanol–water partition coefficient (Wildman–Crippen LogP) is 3.12. The number of rotatable bonds is 9. The number of hydrogen-bond donors (Lipinski definition) is 2. The molecule has 1 aromatic rings. The third-order valence-corrected chi connectivity index (χ3v) is 6.77. The molecule has 168 valence electrons. The normalized spacial score (nSPS) is 20.3. The van der Waals surface area contributed by atoms with Crippen molar-refractivity contribution in [2.24, 2.45) is 10.9 Å². The Labute approximate surface area is 183 Å². The van der Waals surface area contributed by atoms with Crippen LogP contribution in [0.15, 0.2) is 29.3 Å². The number of nitrogens with one attached hydrogen (secondary N) is 2. The van der Waals surface area contributed by atoms with Crippen molar-refractivity contribution in [3.05, 3.63) is 29.8 Å². The van der Waals surface area contributed by atoms with Gasteiger partial charge in [-0.1, -0.05) is 19.1 Å². The van der Waals surface area contributed by atoms with Gasteiger partial charge in [0.15, 0.2) is 5.96 Å². The molecule has 3 rings (SSSR count). The summed E-state index contributed by atoms with van der Waals surface area (Å²) in [6, 6.07) is 8.88. The first kappa shape index (κ1) is 22.9. The monoisotopic (exact) mass is 415 g/mol. The lowest BCUT2D eigenvalue weighted by atomic mass is 9.93. The van der Waals surface area contributed by atoms with Crippen LogP contribution >= 0.6 is 0 Å². The van der Waals surface area contributed by atoms with Gasteiger partial charge in [-0.15, -0.1) is 0 Å². The zero-order chi connectivity index (χ0) is 21.2. The largest absolute Gasteiger partial charge is 0.497 e. The predicted molar refractivity (Wildman–Crippen MR) is 125 cm³/mol. The zero-order valence-electron chi connectivity index (χ0n) is 19.2. The van der Waals surface area contributed by atoms with Crippen LogP contribution in [0, 0.1) is 5.92 Å². The fraction of sp³-hybridized carbons (Fsp3) is 0.708. The third kappa shape index (κ3) is 6.61. The van der Waals surface area contributed by atoms with E-state index in [2.05, 4.69) is 56.6 Å². The van der Waals surface area contributed by atoms with Gasteiger partial charge < -0.3 is 20.3 Å². The first-order valence-electron chi connectivity index (χ1n) is 11.8. The van der Waals surface area contributed by atoms with E-state index in [1.165, 1.54) is 70.4 Å². The van der Waals surface area contributed by atoms with Gasteiger partial charge in [-0.3, -0.25) is 9.89 Å². The molecule has 6 heteroatoms. The van der Waals surface area contributed by atoms with Crippen molar-refractivity contribution in [3.8, 4) is 5.75 Å². The van der Waals surface area contributed by atoms with Crippen LogP contribution in [-0.4, -0.2) is 75.7 Å². The Bertz CT molecular complexity index is 634. The molecule has 1 aromatic carbocycles. The summed E-state index contributed by atoms with van der Waals surface area (Å²) in [6.45, 7) is 10.2. The Morgan fingerprint density at radius 2 is 1.80 bits per heavy atom. The van der Waals surface area contributed by atoms with Gasteiger partial charge in [0, 0.05) is 20.1 Å². The van der Waals surface area contributed by atoms with E-state index in [-0.39, 0.29) is 0 Å². The quantitative estimate of drug-likeness (QED) is 0.479. The van der Waals surface area contributed by atoms with Crippen LogP contribution < -0.4 is 15.4 Å². The van der Waals surface area contributed by atoms with Crippen LogP contribution in [0.1, 0.15) is 50.6 Å². The van der Waals surface area contributed by atoms with E-state index in [9.17, 15) is 0 Å². The molecule has 2 saturated heterocycles. The van der Waals surface area contributed by atoms with Gasteiger partial charge in [0.05, 0.1) is 13.2 Å². The molecule has 1 atom stereocenters. The molecule has 6 nitrogen and oxygen atoms in total. The molecule has 2 aliphatic rings. The van der Waals surface area contributed by atoms with Gasteiger partial charge in [-0.25, -0.2) is 0 Å². The van der Waals surface area contributed by atoms with E-state index in [1.54, 1.807) is 7.11 Å². The first-order chi connectivity index (χ1) is 14.7. The van der Waals surface area contributed by atoms with Crippen molar-refractivity contribution in [2.75, 3.05) is 60.0 Å². The highest BCUT2D eigenvalue weighted by molar-refractivity contribution is 5.79. The Morgan fingerprint density at radius 1 is 1.10 bits per heavy atom. The summed E-state index contributed by atoms with van der Waals surface area (Å²) in [6.07, 6.45) is 6.46. The second-order valence-electron chi connectivity index (χ2n) is 8.58. The van der Waals surface area contributed by atoms with Crippen molar-refractivity contribution in [1.29, 1.82) is 0 Å². The van der Waals surface area contributed by atoms with Crippen LogP contribution in [0.2, 0.25) is 0 Å². The summed E-state index contributed by atoms with van der Waals surface area (Å²) < 4.78 is 5.34. The molecule has 30 heavy (non-hydrogen) atoms. The van der Waals surface area contributed by atoms with Gasteiger partial charge >= 0.3 is 0 Å². The minimum Gasteiger partial charge on any atom is -0.497 e. The van der Waals surface area contributed by atoms with Crippen molar-refractivity contribution in [1.82, 2.24) is 20.4 Å². The van der Waals surface area contributed by atoms with Crippen LogP contribution in [0.4, 0.5) is 0 Å². The number of aliphatic imine (C=N–C) groups is 1. The number of guanidine groups is 1. The number of nitrogens with zero attached hydrogens (tertiary/aromatic N) is 3. The minimum atomic E-state index is 0.357. The van der Waals surface area contributed by atoms with Crippen molar-refractivity contribution in [3.63, 3.8) is 0 Å². The van der Waals surface area contributed by atoms with E-state index in [0.717, 1.165) is 30.7 Å². The fourth-order valence-corrected chi connectivity index (χ4v) is 4.74. The van der Waals surface area contributed by atoms with Gasteiger partial charge in [-0.05, 0) is 88.4 Å². The van der Waals surface area contributed by atoms with Gasteiger partial charge in [-0.2, -0.15) is 0 Å². The molecule has 0 saturated carbocycles. The number of piperidine rings is 1. The summed E-state index contributed by atoms with van der Waals surface area (Å²) >= 11 is 0. The molecule has 0 aliphatic carbocycles. The summed E-state index contributed by atoms with van der Waals surface area (Å²) in [5.41, 5.74) is 1.34. The zero-order valence-corrected chi connectivity index (χ0v) is 19.2. The smallest absolute Gasteiger partial charge is 0.191 e. The van der Waals surface area contributed by atoms with E-state index >= 15 is 0 Å². The van der Waals surface area contributed by atoms with Crippen LogP contribution in [0.25, 0.3) is 0 Å². The number of benzene rings is 1. The highest BCUT2D eigenvalue weighted by atomic mass is 16.5. The molecule has 2 fully saturated rings. The van der Waals surface area contributed by atoms with Crippen molar-refractivity contribution in [2.45, 2.75) is 45.1 Å². The number of methoxy groups -OCH3 is 1. The number of likely N-dealkylation sites (tertiary alicyclic amines) is 2. The first-order valence-corrected chi connectivity index (χ1v) is 11.8. The molecule has 0 amide bonds. The third-order valence-electron chi connectivity index (χ3n) is 6.77. The molecular weight excluding hydrogens is 374 g/mol. The highest BCUT2D eigenvalue weighted by Crippen LogP contribution is 2.26. The standard InChI is InChI=1S/C24H41N5O/c1-4-28-17-12-20(13-18-28)11-14-26-24(25-2)27-19-23(29-15-5-6-16-29)21-7-9-22(30-3)10-8-21/h7-10,20,23H,4-6,11-19H2,1-3H3,(H2,25,26,27). The molecule has 1 unspecified atom stereocenters. The molecule has 0 aromatic heterocycles. The maximum absolute atomic E-state index is 5.34. The Kier molecular flexibility index (Phi) is 9.27. The van der Waals surface area contributed by atoms with Crippen LogP contribution in [0.3, 0.4) is 0 Å². The van der Waals surface area contributed by atoms with Gasteiger partial charge in [0.25, 0.3) is 0 Å². The Hall–Kier alpha value is -1.79. The summed E-state index contributed by atoms with van der Waals surface area (Å²) in [4.78, 5) is 9.61. The lowest BCUT2D eigenvalue weighted by molar-refractivity contribution is 0.187. The maximum Gasteiger partial charge on any atom is 0.191 e. The highest BCUT2D eigenvalue weighted by Gasteiger charge is 2.24. The fourth-order valence-electron chi connectivity index (χ4n) is 4.74. The second-order valence-corrected chi connectivity index (χ2v) is 8.58. The Balaban J connectivity index is 1.48. The van der Waals surface area contributed by atoms with Crippen molar-refractivity contribution < 1.29 is 4.74 Å². The van der Waals surface area contributed by atoms with Gasteiger partial charge in [0.2, 0.25) is 0 Å². The Morgan fingerprint density at radius 3 is 2.40 bits per heavy atom. The SMILES string of the molecule is CCN1CCC(CCNC(=NC)NCC(c2ccc(OC)cc2)N2CCCC2)CC1. The van der Waals surface area contributed by atoms with Crippen molar-refractivity contribution >= 4 is 5.96 Å². The molecule has 2 N–H and O–H groups in total. The molecule has 2 aliphatic heterocycles. The second kappa shape index (κ2) is 12.2. The van der Waals surface area contributed by atoms with Gasteiger partial charge in [0.1, 0.15) is 5.75 Å². The molecule has 0 radical (unpaired) electrons. The maximum atomic E-state index is 5.34. The average Bonchev–Trinajstić information content (AvgIpc) is 3.33. The van der Waals surface area contributed by atoms with E-state index in [4.69, 9.17) is 4.74 Å². The van der Waals surface area contributed by atoms with Crippen LogP contribution in [-0.2, 0) is 0 Å². The number of ether oxygens (including phenoxy) is 1. The number of hydrogen-bond acceptors (Lipinski definition) is 4. The van der Waals surface area contributed by atoms with E-state index in [0.29, 0.717) is 6.04 Å². The van der Waals surface area contributed by atoms with E-state index < -0.39 is 0 Å². The topological polar surface area (TPSA) is 52.1 Å². The van der Waals surface area contributed by atoms with E-state index in [1.807, 2.05) is 7.05 Å². The lowest BCUT2D eigenvalue weighted by Crippen LogP contribution is -2.43. The molecule has 2 heterocycles. The summed E-state index contributed by atoms with van der Waals surface area (Å²) in [5, 5.41) is 7.13. The molecular formula is C24H41N5O.